The number of carbonyl (C=O) groups excluding carboxylic acids is 2. The van der Waals surface area contributed by atoms with E-state index in [1.807, 2.05) is 37.0 Å². The Morgan fingerprint density at radius 2 is 2.21 bits per heavy atom. The number of aromatic nitrogens is 1. The van der Waals surface area contributed by atoms with Crippen molar-refractivity contribution < 1.29 is 9.59 Å². The molecule has 5 heteroatoms. The summed E-state index contributed by atoms with van der Waals surface area (Å²) < 4.78 is 1.87. The molecule has 19 heavy (non-hydrogen) atoms. The molecule has 1 aliphatic rings. The number of amides is 1. The molecule has 1 aromatic heterocycles. The highest BCUT2D eigenvalue weighted by molar-refractivity contribution is 5.97. The molecule has 0 aliphatic carbocycles. The van der Waals surface area contributed by atoms with Crippen LogP contribution in [0.25, 0.3) is 0 Å². The lowest BCUT2D eigenvalue weighted by Gasteiger charge is -2.22. The van der Waals surface area contributed by atoms with E-state index in [0.717, 1.165) is 18.5 Å². The van der Waals surface area contributed by atoms with Crippen LogP contribution in [0.4, 0.5) is 0 Å². The average Bonchev–Trinajstić information content (AvgIpc) is 2.96. The van der Waals surface area contributed by atoms with Crippen LogP contribution >= 0.6 is 0 Å². The van der Waals surface area contributed by atoms with Crippen molar-refractivity contribution in [3.05, 3.63) is 24.0 Å². The fourth-order valence-corrected chi connectivity index (χ4v) is 2.64. The van der Waals surface area contributed by atoms with E-state index in [1.165, 1.54) is 0 Å². The monoisotopic (exact) mass is 263 g/mol. The predicted octanol–water partition coefficient (Wildman–Crippen LogP) is 0.666. The zero-order chi connectivity index (χ0) is 14.0. The summed E-state index contributed by atoms with van der Waals surface area (Å²) in [7, 11) is 3.56. The Kier molecular flexibility index (Phi) is 3.75. The van der Waals surface area contributed by atoms with E-state index in [-0.39, 0.29) is 17.1 Å². The third-order valence-electron chi connectivity index (χ3n) is 3.85. The maximum absolute atomic E-state index is 12.1. The first-order chi connectivity index (χ1) is 8.94. The highest BCUT2D eigenvalue weighted by Crippen LogP contribution is 2.29. The number of likely N-dealkylation sites (tertiary alicyclic amines) is 1. The van der Waals surface area contributed by atoms with Gasteiger partial charge in [-0.3, -0.25) is 14.5 Å². The van der Waals surface area contributed by atoms with E-state index in [1.54, 1.807) is 7.05 Å². The molecule has 2 rings (SSSR count). The number of carbonyl (C=O) groups is 2. The summed E-state index contributed by atoms with van der Waals surface area (Å²) in [4.78, 5) is 26.0. The van der Waals surface area contributed by atoms with E-state index in [0.29, 0.717) is 13.1 Å². The van der Waals surface area contributed by atoms with Crippen LogP contribution in [0.5, 0.6) is 0 Å². The fourth-order valence-electron chi connectivity index (χ4n) is 2.64. The second-order valence-electron chi connectivity index (χ2n) is 5.59. The molecule has 0 radical (unpaired) electrons. The SMILES string of the molecule is CNC(=O)C1(C)CCN(CC(=O)c2ccn(C)c2)C1. The molecule has 104 valence electrons. The van der Waals surface area contributed by atoms with Gasteiger partial charge in [-0.05, 0) is 26.0 Å². The number of ketones is 1. The minimum atomic E-state index is -0.369. The van der Waals surface area contributed by atoms with Crippen molar-refractivity contribution in [2.45, 2.75) is 13.3 Å². The van der Waals surface area contributed by atoms with Crippen LogP contribution < -0.4 is 5.32 Å². The summed E-state index contributed by atoms with van der Waals surface area (Å²) in [6, 6.07) is 1.83. The topological polar surface area (TPSA) is 54.3 Å². The number of rotatable bonds is 4. The molecule has 1 saturated heterocycles. The summed E-state index contributed by atoms with van der Waals surface area (Å²) in [5.41, 5.74) is 0.363. The van der Waals surface area contributed by atoms with Crippen LogP contribution in [-0.2, 0) is 11.8 Å². The molecule has 0 bridgehead atoms. The third-order valence-corrected chi connectivity index (χ3v) is 3.85. The normalized spacial score (nSPS) is 23.5. The molecule has 0 spiro atoms. The molecule has 0 saturated carbocycles. The quantitative estimate of drug-likeness (QED) is 0.812. The lowest BCUT2D eigenvalue weighted by molar-refractivity contribution is -0.129. The summed E-state index contributed by atoms with van der Waals surface area (Å²) in [6.45, 7) is 3.78. The highest BCUT2D eigenvalue weighted by atomic mass is 16.2. The van der Waals surface area contributed by atoms with Crippen LogP contribution in [0, 0.1) is 5.41 Å². The first kappa shape index (κ1) is 13.8. The Labute approximate surface area is 113 Å². The zero-order valence-electron chi connectivity index (χ0n) is 11.8. The molecule has 1 aromatic rings. The van der Waals surface area contributed by atoms with Gasteiger partial charge in [-0.15, -0.1) is 0 Å². The largest absolute Gasteiger partial charge is 0.359 e. The molecular formula is C14H21N3O2. The van der Waals surface area contributed by atoms with E-state index in [9.17, 15) is 9.59 Å². The number of Topliss-reactive ketones (excluding diaryl/α,β-unsaturated/α-hetero) is 1. The van der Waals surface area contributed by atoms with Crippen molar-refractivity contribution in [3.63, 3.8) is 0 Å². The van der Waals surface area contributed by atoms with Crippen molar-refractivity contribution in [2.24, 2.45) is 12.5 Å². The Balaban J connectivity index is 1.95. The van der Waals surface area contributed by atoms with Gasteiger partial charge in [-0.1, -0.05) is 0 Å². The van der Waals surface area contributed by atoms with E-state index in [4.69, 9.17) is 0 Å². The van der Waals surface area contributed by atoms with Crippen molar-refractivity contribution in [1.29, 1.82) is 0 Å². The van der Waals surface area contributed by atoms with Crippen LogP contribution in [-0.4, -0.2) is 47.8 Å². The van der Waals surface area contributed by atoms with Gasteiger partial charge in [0.25, 0.3) is 0 Å². The molecule has 1 atom stereocenters. The van der Waals surface area contributed by atoms with Gasteiger partial charge in [0.1, 0.15) is 0 Å². The van der Waals surface area contributed by atoms with Crippen LogP contribution in [0.1, 0.15) is 23.7 Å². The highest BCUT2D eigenvalue weighted by Gasteiger charge is 2.40. The van der Waals surface area contributed by atoms with Gasteiger partial charge in [0.15, 0.2) is 5.78 Å². The maximum Gasteiger partial charge on any atom is 0.227 e. The molecule has 1 N–H and O–H groups in total. The predicted molar refractivity (Wildman–Crippen MR) is 73.0 cm³/mol. The second-order valence-corrected chi connectivity index (χ2v) is 5.59. The van der Waals surface area contributed by atoms with Crippen molar-refractivity contribution in [1.82, 2.24) is 14.8 Å². The van der Waals surface area contributed by atoms with E-state index in [2.05, 4.69) is 10.2 Å². The summed E-state index contributed by atoms with van der Waals surface area (Å²) in [5.74, 6) is 0.170. The van der Waals surface area contributed by atoms with Crippen LogP contribution in [0.2, 0.25) is 0 Å². The second kappa shape index (κ2) is 5.17. The Morgan fingerprint density at radius 3 is 2.79 bits per heavy atom. The van der Waals surface area contributed by atoms with E-state index < -0.39 is 0 Å². The van der Waals surface area contributed by atoms with Gasteiger partial charge in [-0.25, -0.2) is 0 Å². The summed E-state index contributed by atoms with van der Waals surface area (Å²) in [6.07, 6.45) is 4.50. The first-order valence-electron chi connectivity index (χ1n) is 6.54. The maximum atomic E-state index is 12.1. The third kappa shape index (κ3) is 2.87. The molecule has 1 aliphatic heterocycles. The lowest BCUT2D eigenvalue weighted by atomic mass is 9.89. The van der Waals surface area contributed by atoms with Gasteiger partial charge in [0.2, 0.25) is 5.91 Å². The van der Waals surface area contributed by atoms with Crippen molar-refractivity contribution in [2.75, 3.05) is 26.7 Å². The Morgan fingerprint density at radius 1 is 1.47 bits per heavy atom. The number of nitrogens with zero attached hydrogens (tertiary/aromatic N) is 2. The van der Waals surface area contributed by atoms with Crippen molar-refractivity contribution >= 4 is 11.7 Å². The summed E-state index contributed by atoms with van der Waals surface area (Å²) >= 11 is 0. The van der Waals surface area contributed by atoms with Gasteiger partial charge in [0, 0.05) is 38.6 Å². The molecule has 1 fully saturated rings. The molecule has 1 amide bonds. The number of aryl methyl sites for hydroxylation is 1. The molecular weight excluding hydrogens is 242 g/mol. The molecule has 5 nitrogen and oxygen atoms in total. The smallest absolute Gasteiger partial charge is 0.227 e. The fraction of sp³-hybridized carbons (Fsp3) is 0.571. The van der Waals surface area contributed by atoms with Crippen LogP contribution in [0.15, 0.2) is 18.5 Å². The standard InChI is InChI=1S/C14H21N3O2/c1-14(13(19)15-2)5-7-17(10-14)9-12(18)11-4-6-16(3)8-11/h4,6,8H,5,7,9-10H2,1-3H3,(H,15,19). The summed E-state index contributed by atoms with van der Waals surface area (Å²) in [5, 5.41) is 2.70. The number of hydrogen-bond acceptors (Lipinski definition) is 3. The number of nitrogens with one attached hydrogen (secondary N) is 1. The minimum Gasteiger partial charge on any atom is -0.359 e. The number of hydrogen-bond donors (Lipinski definition) is 1. The van der Waals surface area contributed by atoms with Gasteiger partial charge < -0.3 is 9.88 Å². The molecule has 0 aromatic carbocycles. The average molecular weight is 263 g/mol. The Bertz CT molecular complexity index is 495. The zero-order valence-corrected chi connectivity index (χ0v) is 11.8. The molecule has 2 heterocycles. The first-order valence-corrected chi connectivity index (χ1v) is 6.54. The van der Waals surface area contributed by atoms with Gasteiger partial charge >= 0.3 is 0 Å². The van der Waals surface area contributed by atoms with Crippen molar-refractivity contribution in [3.8, 4) is 0 Å². The Hall–Kier alpha value is -1.62. The lowest BCUT2D eigenvalue weighted by Crippen LogP contribution is -2.40. The molecule has 1 unspecified atom stereocenters. The van der Waals surface area contributed by atoms with Crippen LogP contribution in [0.3, 0.4) is 0 Å². The minimum absolute atomic E-state index is 0.0576. The van der Waals surface area contributed by atoms with Gasteiger partial charge in [-0.2, -0.15) is 0 Å². The van der Waals surface area contributed by atoms with Gasteiger partial charge in [0.05, 0.1) is 12.0 Å². The van der Waals surface area contributed by atoms with E-state index >= 15 is 0 Å².